The fourth-order valence-electron chi connectivity index (χ4n) is 5.76. The van der Waals surface area contributed by atoms with Crippen molar-refractivity contribution in [2.45, 2.75) is 39.2 Å². The average Bonchev–Trinajstić information content (AvgIpc) is 3.05. The van der Waals surface area contributed by atoms with Gasteiger partial charge in [0.1, 0.15) is 11.9 Å². The Labute approximate surface area is 252 Å². The number of fused-ring (bicyclic) bond motifs is 1. The van der Waals surface area contributed by atoms with E-state index in [9.17, 15) is 9.59 Å². The topological polar surface area (TPSA) is 86.1 Å². The number of rotatable bonds is 10. The van der Waals surface area contributed by atoms with Crippen LogP contribution in [-0.2, 0) is 4.79 Å². The van der Waals surface area contributed by atoms with E-state index in [1.54, 1.807) is 44.1 Å². The molecule has 1 aliphatic rings. The normalized spacial score (nSPS) is 14.1. The third kappa shape index (κ3) is 6.02. The van der Waals surface area contributed by atoms with E-state index in [2.05, 4.69) is 43.0 Å². The van der Waals surface area contributed by atoms with Gasteiger partial charge in [-0.05, 0) is 49.7 Å². The van der Waals surface area contributed by atoms with Gasteiger partial charge in [0.2, 0.25) is 11.7 Å². The molecule has 1 saturated heterocycles. The molecule has 4 aromatic rings. The van der Waals surface area contributed by atoms with Crippen LogP contribution in [-0.4, -0.2) is 67.9 Å². The molecule has 2 heterocycles. The number of methoxy groups -OCH3 is 3. The van der Waals surface area contributed by atoms with Crippen molar-refractivity contribution >= 4 is 22.5 Å². The molecule has 226 valence electrons. The summed E-state index contributed by atoms with van der Waals surface area (Å²) >= 11 is 0. The van der Waals surface area contributed by atoms with E-state index in [-0.39, 0.29) is 11.5 Å². The van der Waals surface area contributed by atoms with E-state index >= 15 is 0 Å². The Morgan fingerprint density at radius 3 is 2.16 bits per heavy atom. The van der Waals surface area contributed by atoms with Gasteiger partial charge in [-0.2, -0.15) is 0 Å². The lowest BCUT2D eigenvalue weighted by Gasteiger charge is -2.38. The number of nitrogens with zero attached hydrogens (tertiary/aromatic N) is 4. The van der Waals surface area contributed by atoms with Gasteiger partial charge in [0.05, 0.1) is 32.2 Å². The van der Waals surface area contributed by atoms with Gasteiger partial charge in [0.25, 0.3) is 5.56 Å². The van der Waals surface area contributed by atoms with Crippen LogP contribution in [0.5, 0.6) is 17.2 Å². The zero-order valence-electron chi connectivity index (χ0n) is 25.6. The number of carbonyl (C=O) groups excluding carboxylic acids is 1. The van der Waals surface area contributed by atoms with Crippen molar-refractivity contribution in [2.24, 2.45) is 0 Å². The summed E-state index contributed by atoms with van der Waals surface area (Å²) in [4.78, 5) is 37.8. The molecule has 0 radical (unpaired) electrons. The molecular weight excluding hydrogens is 544 g/mol. The summed E-state index contributed by atoms with van der Waals surface area (Å²) in [5.74, 6) is 1.64. The van der Waals surface area contributed by atoms with Crippen molar-refractivity contribution in [1.29, 1.82) is 0 Å². The number of hydrogen-bond donors (Lipinski definition) is 0. The number of hydrogen-bond acceptors (Lipinski definition) is 7. The molecule has 1 fully saturated rings. The van der Waals surface area contributed by atoms with E-state index < -0.39 is 6.04 Å². The predicted octanol–water partition coefficient (Wildman–Crippen LogP) is 5.48. The van der Waals surface area contributed by atoms with Crippen LogP contribution in [0.3, 0.4) is 0 Å². The highest BCUT2D eigenvalue weighted by Crippen LogP contribution is 2.41. The third-order valence-corrected chi connectivity index (χ3v) is 8.15. The maximum Gasteiger partial charge on any atom is 0.262 e. The highest BCUT2D eigenvalue weighted by atomic mass is 16.5. The van der Waals surface area contributed by atoms with Crippen molar-refractivity contribution in [3.8, 4) is 28.6 Å². The largest absolute Gasteiger partial charge is 0.493 e. The Kier molecular flexibility index (Phi) is 9.19. The van der Waals surface area contributed by atoms with Crippen LogP contribution in [0.4, 0.5) is 5.69 Å². The molecule has 9 nitrogen and oxygen atoms in total. The number of anilines is 1. The maximum atomic E-state index is 14.4. The van der Waals surface area contributed by atoms with E-state index in [1.807, 2.05) is 23.1 Å². The summed E-state index contributed by atoms with van der Waals surface area (Å²) in [6, 6.07) is 18.6. The number of benzene rings is 3. The smallest absolute Gasteiger partial charge is 0.262 e. The number of aromatic nitrogens is 2. The number of carbonyl (C=O) groups is 1. The van der Waals surface area contributed by atoms with Crippen LogP contribution < -0.4 is 24.7 Å². The summed E-state index contributed by atoms with van der Waals surface area (Å²) in [7, 11) is 4.64. The first-order chi connectivity index (χ1) is 20.9. The summed E-state index contributed by atoms with van der Waals surface area (Å²) in [5, 5.41) is 0.470. The minimum absolute atomic E-state index is 0.0649. The van der Waals surface area contributed by atoms with Crippen LogP contribution in [0.25, 0.3) is 22.3 Å². The highest BCUT2D eigenvalue weighted by molar-refractivity contribution is 5.85. The van der Waals surface area contributed by atoms with Crippen LogP contribution in [0.2, 0.25) is 0 Å². The molecule has 0 N–H and O–H groups in total. The van der Waals surface area contributed by atoms with Gasteiger partial charge >= 0.3 is 0 Å². The SMILES string of the molecule is CCCCC(C(=O)N1CCN(c2ccc(C)cc2)CC1)n1c(-c2cc(OC)c(OC)c(OC)c2)nc2ccccc2c1=O. The van der Waals surface area contributed by atoms with Crippen LogP contribution >= 0.6 is 0 Å². The molecule has 1 aliphatic heterocycles. The first-order valence-corrected chi connectivity index (χ1v) is 14.8. The molecule has 1 aromatic heterocycles. The monoisotopic (exact) mass is 584 g/mol. The van der Waals surface area contributed by atoms with Gasteiger partial charge in [-0.1, -0.05) is 49.6 Å². The fraction of sp³-hybridized carbons (Fsp3) is 0.382. The number of amides is 1. The number of piperazine rings is 1. The summed E-state index contributed by atoms with van der Waals surface area (Å²) in [5.41, 5.74) is 3.27. The summed E-state index contributed by atoms with van der Waals surface area (Å²) < 4.78 is 18.4. The first kappa shape index (κ1) is 29.9. The van der Waals surface area contributed by atoms with Crippen LogP contribution in [0, 0.1) is 6.92 Å². The molecular formula is C34H40N4O5. The molecule has 1 amide bonds. The number of aryl methyl sites for hydroxylation is 1. The average molecular weight is 585 g/mol. The quantitative estimate of drug-likeness (QED) is 0.244. The Balaban J connectivity index is 1.59. The minimum Gasteiger partial charge on any atom is -0.493 e. The molecule has 3 aromatic carbocycles. The van der Waals surface area contributed by atoms with E-state index in [0.717, 1.165) is 31.6 Å². The van der Waals surface area contributed by atoms with Gasteiger partial charge < -0.3 is 24.0 Å². The van der Waals surface area contributed by atoms with Gasteiger partial charge in [-0.15, -0.1) is 0 Å². The van der Waals surface area contributed by atoms with Crippen molar-refractivity contribution in [3.63, 3.8) is 0 Å². The first-order valence-electron chi connectivity index (χ1n) is 14.8. The second kappa shape index (κ2) is 13.2. The molecule has 9 heteroatoms. The highest BCUT2D eigenvalue weighted by Gasteiger charge is 2.32. The van der Waals surface area contributed by atoms with Gasteiger partial charge in [-0.25, -0.2) is 4.98 Å². The zero-order chi connectivity index (χ0) is 30.5. The van der Waals surface area contributed by atoms with E-state index in [1.165, 1.54) is 5.56 Å². The summed E-state index contributed by atoms with van der Waals surface area (Å²) in [6.45, 7) is 6.76. The number of unbranched alkanes of at least 4 members (excludes halogenated alkanes) is 1. The summed E-state index contributed by atoms with van der Waals surface area (Å²) in [6.07, 6.45) is 2.19. The lowest BCUT2D eigenvalue weighted by molar-refractivity contribution is -0.135. The van der Waals surface area contributed by atoms with Crippen molar-refractivity contribution < 1.29 is 19.0 Å². The van der Waals surface area contributed by atoms with Crippen molar-refractivity contribution in [2.75, 3.05) is 52.4 Å². The van der Waals surface area contributed by atoms with E-state index in [4.69, 9.17) is 19.2 Å². The van der Waals surface area contributed by atoms with Crippen molar-refractivity contribution in [3.05, 3.63) is 76.6 Å². The Bertz CT molecular complexity index is 1620. The maximum absolute atomic E-state index is 14.4. The predicted molar refractivity (Wildman–Crippen MR) is 170 cm³/mol. The van der Waals surface area contributed by atoms with Crippen molar-refractivity contribution in [1.82, 2.24) is 14.5 Å². The molecule has 0 bridgehead atoms. The molecule has 1 unspecified atom stereocenters. The molecule has 43 heavy (non-hydrogen) atoms. The number of para-hydroxylation sites is 1. The molecule has 1 atom stereocenters. The van der Waals surface area contributed by atoms with Gasteiger partial charge in [0, 0.05) is 37.4 Å². The van der Waals surface area contributed by atoms with Gasteiger partial charge in [-0.3, -0.25) is 14.2 Å². The number of ether oxygens (including phenoxy) is 3. The Morgan fingerprint density at radius 2 is 1.56 bits per heavy atom. The third-order valence-electron chi connectivity index (χ3n) is 8.15. The zero-order valence-corrected chi connectivity index (χ0v) is 25.6. The second-order valence-corrected chi connectivity index (χ2v) is 10.8. The second-order valence-electron chi connectivity index (χ2n) is 10.8. The van der Waals surface area contributed by atoms with Gasteiger partial charge in [0.15, 0.2) is 11.5 Å². The lowest BCUT2D eigenvalue weighted by atomic mass is 10.0. The minimum atomic E-state index is -0.718. The molecule has 5 rings (SSSR count). The lowest BCUT2D eigenvalue weighted by Crippen LogP contribution is -2.51. The Hall–Kier alpha value is -4.53. The fourth-order valence-corrected chi connectivity index (χ4v) is 5.76. The van der Waals surface area contributed by atoms with Crippen LogP contribution in [0.1, 0.15) is 37.8 Å². The molecule has 0 spiro atoms. The molecule has 0 saturated carbocycles. The standard InChI is InChI=1S/C34H40N4O5/c1-6-7-12-28(34(40)37-19-17-36(18-20-37)25-15-13-23(2)14-16-25)38-32(35-27-11-9-8-10-26(27)33(38)39)24-21-29(41-3)31(43-5)30(22-24)42-4/h8-11,13-16,21-22,28H,6-7,12,17-20H2,1-5H3. The Morgan fingerprint density at radius 1 is 0.907 bits per heavy atom. The van der Waals surface area contributed by atoms with E-state index in [0.29, 0.717) is 59.0 Å². The molecule has 0 aliphatic carbocycles. The van der Waals surface area contributed by atoms with Crippen LogP contribution in [0.15, 0.2) is 65.5 Å².